The van der Waals surface area contributed by atoms with Gasteiger partial charge in [0.05, 0.1) is 0 Å². The van der Waals surface area contributed by atoms with Gasteiger partial charge < -0.3 is 4.74 Å². The maximum absolute atomic E-state index is 11.9. The van der Waals surface area contributed by atoms with Crippen molar-refractivity contribution in [3.63, 3.8) is 0 Å². The topological polar surface area (TPSA) is 64.1 Å². The fourth-order valence-corrected chi connectivity index (χ4v) is 2.10. The van der Waals surface area contributed by atoms with E-state index in [1.807, 2.05) is 6.92 Å². The fourth-order valence-electron chi connectivity index (χ4n) is 1.42. The molecule has 0 radical (unpaired) electrons. The van der Waals surface area contributed by atoms with Crippen LogP contribution in [-0.2, 0) is 4.79 Å². The summed E-state index contributed by atoms with van der Waals surface area (Å²) in [5, 5.41) is 11.1. The minimum Gasteiger partial charge on any atom is -0.481 e. The molecule has 1 N–H and O–H groups in total. The molecule has 1 amide bonds. The first-order valence-electron chi connectivity index (χ1n) is 5.56. The van der Waals surface area contributed by atoms with Crippen molar-refractivity contribution in [3.8, 4) is 5.75 Å². The van der Waals surface area contributed by atoms with Gasteiger partial charge in [0, 0.05) is 5.02 Å². The molecule has 0 saturated carbocycles. The zero-order valence-corrected chi connectivity index (χ0v) is 12.0. The van der Waals surface area contributed by atoms with Crippen LogP contribution < -0.4 is 10.1 Å². The Hall–Kier alpha value is -1.66. The van der Waals surface area contributed by atoms with E-state index in [4.69, 9.17) is 16.3 Å². The average Bonchev–Trinajstić information content (AvgIpc) is 2.85. The van der Waals surface area contributed by atoms with Crippen LogP contribution in [0, 0.1) is 6.92 Å². The maximum Gasteiger partial charge on any atom is 0.266 e. The van der Waals surface area contributed by atoms with E-state index in [0.29, 0.717) is 15.9 Å². The van der Waals surface area contributed by atoms with Crippen molar-refractivity contribution >= 4 is 34.0 Å². The molecule has 2 rings (SSSR count). The molecule has 1 aromatic heterocycles. The van der Waals surface area contributed by atoms with E-state index < -0.39 is 6.10 Å². The van der Waals surface area contributed by atoms with Gasteiger partial charge >= 0.3 is 0 Å². The lowest BCUT2D eigenvalue weighted by Gasteiger charge is -2.15. The van der Waals surface area contributed by atoms with Crippen LogP contribution in [-0.4, -0.2) is 22.2 Å². The van der Waals surface area contributed by atoms with Crippen LogP contribution in [0.3, 0.4) is 0 Å². The number of hydrogen-bond acceptors (Lipinski definition) is 5. The number of carbonyl (C=O) groups excluding carboxylic acids is 1. The van der Waals surface area contributed by atoms with E-state index in [9.17, 15) is 4.79 Å². The molecule has 5 nitrogen and oxygen atoms in total. The normalized spacial score (nSPS) is 11.9. The summed E-state index contributed by atoms with van der Waals surface area (Å²) >= 11 is 7.12. The van der Waals surface area contributed by atoms with Crippen LogP contribution in [0.25, 0.3) is 0 Å². The number of nitrogens with zero attached hydrogens (tertiary/aromatic N) is 2. The Morgan fingerprint density at radius 1 is 1.53 bits per heavy atom. The van der Waals surface area contributed by atoms with Crippen molar-refractivity contribution in [1.82, 2.24) is 10.2 Å². The zero-order chi connectivity index (χ0) is 13.8. The van der Waals surface area contributed by atoms with E-state index in [2.05, 4.69) is 15.5 Å². The molecule has 0 aliphatic rings. The number of ether oxygens (including phenoxy) is 1. The second kappa shape index (κ2) is 5.99. The van der Waals surface area contributed by atoms with Gasteiger partial charge in [0.1, 0.15) is 11.3 Å². The first kappa shape index (κ1) is 13.8. The molecule has 0 aliphatic heterocycles. The largest absolute Gasteiger partial charge is 0.481 e. The number of benzene rings is 1. The van der Waals surface area contributed by atoms with E-state index in [0.717, 1.165) is 5.56 Å². The summed E-state index contributed by atoms with van der Waals surface area (Å²) in [5.41, 5.74) is 2.42. The highest BCUT2D eigenvalue weighted by atomic mass is 35.5. The first-order chi connectivity index (χ1) is 9.06. The summed E-state index contributed by atoms with van der Waals surface area (Å²) in [7, 11) is 0. The van der Waals surface area contributed by atoms with Gasteiger partial charge in [-0.1, -0.05) is 22.9 Å². The highest BCUT2D eigenvalue weighted by molar-refractivity contribution is 7.13. The van der Waals surface area contributed by atoms with Gasteiger partial charge in [-0.05, 0) is 37.6 Å². The minimum absolute atomic E-state index is 0.272. The number of halogens is 1. The number of anilines is 1. The standard InChI is InChI=1S/C12H12ClN3O2S/c1-7-5-9(13)3-4-10(7)18-8(2)11(17)15-12-16-14-6-19-12/h3-6,8H,1-2H3,(H,15,16,17)/t8-/m0/s1. The van der Waals surface area contributed by atoms with Gasteiger partial charge in [-0.3, -0.25) is 10.1 Å². The number of nitrogens with one attached hydrogen (secondary N) is 1. The highest BCUT2D eigenvalue weighted by Crippen LogP contribution is 2.23. The Morgan fingerprint density at radius 2 is 2.32 bits per heavy atom. The summed E-state index contributed by atoms with van der Waals surface area (Å²) in [4.78, 5) is 11.9. The van der Waals surface area contributed by atoms with E-state index in [1.54, 1.807) is 30.6 Å². The summed E-state index contributed by atoms with van der Waals surface area (Å²) in [6.07, 6.45) is -0.635. The predicted octanol–water partition coefficient (Wildman–Crippen LogP) is 2.91. The Labute approximate surface area is 119 Å². The van der Waals surface area contributed by atoms with E-state index in [-0.39, 0.29) is 5.91 Å². The van der Waals surface area contributed by atoms with Gasteiger partial charge in [0.2, 0.25) is 5.13 Å². The molecular formula is C12H12ClN3O2S. The lowest BCUT2D eigenvalue weighted by Crippen LogP contribution is -2.30. The van der Waals surface area contributed by atoms with Gasteiger partial charge in [0.15, 0.2) is 6.10 Å². The first-order valence-corrected chi connectivity index (χ1v) is 6.82. The third-order valence-electron chi connectivity index (χ3n) is 2.40. The highest BCUT2D eigenvalue weighted by Gasteiger charge is 2.16. The van der Waals surface area contributed by atoms with Crippen molar-refractivity contribution in [3.05, 3.63) is 34.3 Å². The molecule has 1 aromatic carbocycles. The molecule has 100 valence electrons. The molecule has 2 aromatic rings. The third-order valence-corrected chi connectivity index (χ3v) is 3.24. The van der Waals surface area contributed by atoms with Crippen LogP contribution >= 0.6 is 22.9 Å². The van der Waals surface area contributed by atoms with Gasteiger partial charge in [-0.15, -0.1) is 10.2 Å². The SMILES string of the molecule is Cc1cc(Cl)ccc1O[C@@H](C)C(=O)Nc1nncs1. The second-order valence-electron chi connectivity index (χ2n) is 3.90. The molecule has 0 aliphatic carbocycles. The Bertz CT molecular complexity index is 574. The Balaban J connectivity index is 2.00. The van der Waals surface area contributed by atoms with Crippen LogP contribution in [0.5, 0.6) is 5.75 Å². The fraction of sp³-hybridized carbons (Fsp3) is 0.250. The van der Waals surface area contributed by atoms with E-state index >= 15 is 0 Å². The predicted molar refractivity (Wildman–Crippen MR) is 74.8 cm³/mol. The number of hydrogen-bond donors (Lipinski definition) is 1. The quantitative estimate of drug-likeness (QED) is 0.942. The molecule has 7 heteroatoms. The molecule has 0 fully saturated rings. The van der Waals surface area contributed by atoms with Gasteiger partial charge in [-0.25, -0.2) is 0 Å². The van der Waals surface area contributed by atoms with Crippen LogP contribution in [0.1, 0.15) is 12.5 Å². The number of amides is 1. The van der Waals surface area contributed by atoms with E-state index in [1.165, 1.54) is 11.3 Å². The molecule has 0 spiro atoms. The van der Waals surface area contributed by atoms with Gasteiger partial charge in [0.25, 0.3) is 5.91 Å². The van der Waals surface area contributed by atoms with Crippen LogP contribution in [0.15, 0.2) is 23.7 Å². The van der Waals surface area contributed by atoms with Gasteiger partial charge in [-0.2, -0.15) is 0 Å². The maximum atomic E-state index is 11.9. The number of aromatic nitrogens is 2. The smallest absolute Gasteiger partial charge is 0.266 e. The molecule has 1 atom stereocenters. The summed E-state index contributed by atoms with van der Waals surface area (Å²) < 4.78 is 5.60. The van der Waals surface area contributed by atoms with Crippen molar-refractivity contribution in [2.24, 2.45) is 0 Å². The zero-order valence-electron chi connectivity index (χ0n) is 10.4. The summed E-state index contributed by atoms with van der Waals surface area (Å²) in [6.45, 7) is 3.54. The monoisotopic (exact) mass is 297 g/mol. The Morgan fingerprint density at radius 3 is 2.95 bits per heavy atom. The minimum atomic E-state index is -0.635. The summed E-state index contributed by atoms with van der Waals surface area (Å²) in [5.74, 6) is 0.357. The van der Waals surface area contributed by atoms with Crippen molar-refractivity contribution < 1.29 is 9.53 Å². The van der Waals surface area contributed by atoms with Crippen molar-refractivity contribution in [2.75, 3.05) is 5.32 Å². The lowest BCUT2D eigenvalue weighted by molar-refractivity contribution is -0.122. The van der Waals surface area contributed by atoms with Crippen LogP contribution in [0.4, 0.5) is 5.13 Å². The third kappa shape index (κ3) is 3.65. The number of rotatable bonds is 4. The molecule has 1 heterocycles. The number of aryl methyl sites for hydroxylation is 1. The average molecular weight is 298 g/mol. The molecule has 0 saturated heterocycles. The number of carbonyl (C=O) groups is 1. The van der Waals surface area contributed by atoms with Crippen molar-refractivity contribution in [1.29, 1.82) is 0 Å². The van der Waals surface area contributed by atoms with Crippen LogP contribution in [0.2, 0.25) is 5.02 Å². The summed E-state index contributed by atoms with van der Waals surface area (Å²) in [6, 6.07) is 5.25. The van der Waals surface area contributed by atoms with Crippen molar-refractivity contribution in [2.45, 2.75) is 20.0 Å². The lowest BCUT2D eigenvalue weighted by atomic mass is 10.2. The molecule has 0 bridgehead atoms. The molecule has 19 heavy (non-hydrogen) atoms. The Kier molecular flexibility index (Phi) is 4.34. The molecular weight excluding hydrogens is 286 g/mol. The second-order valence-corrected chi connectivity index (χ2v) is 5.17. The molecule has 0 unspecified atom stereocenters.